The second kappa shape index (κ2) is 7.67. The van der Waals surface area contributed by atoms with Crippen molar-refractivity contribution >= 4 is 45.1 Å². The van der Waals surface area contributed by atoms with Gasteiger partial charge in [-0.05, 0) is 24.6 Å². The van der Waals surface area contributed by atoms with E-state index < -0.39 is 11.9 Å². The standard InChI is InChI=1S/C17H15ClN4O3S/c1-2-19-17(25)21-13(23)7-22-9-20-15-14(16(22)24)12(8-26-15)10-3-5-11(18)6-4-10/h3-6,8-9H,2,7H2,1H3,(H2,19,21,23,25). The number of carbonyl (C=O) groups excluding carboxylic acids is 2. The summed E-state index contributed by atoms with van der Waals surface area (Å²) in [4.78, 5) is 41.0. The van der Waals surface area contributed by atoms with E-state index >= 15 is 0 Å². The number of urea groups is 1. The predicted octanol–water partition coefficient (Wildman–Crippen LogP) is 2.62. The van der Waals surface area contributed by atoms with E-state index in [1.54, 1.807) is 19.1 Å². The number of aromatic nitrogens is 2. The Morgan fingerprint density at radius 2 is 2.00 bits per heavy atom. The fourth-order valence-corrected chi connectivity index (χ4v) is 3.48. The van der Waals surface area contributed by atoms with Gasteiger partial charge in [0.15, 0.2) is 0 Å². The summed E-state index contributed by atoms with van der Waals surface area (Å²) in [6, 6.07) is 6.53. The molecule has 2 heterocycles. The third-order valence-corrected chi connectivity index (χ3v) is 4.76. The Balaban J connectivity index is 1.94. The third kappa shape index (κ3) is 3.76. The highest BCUT2D eigenvalue weighted by Crippen LogP contribution is 2.31. The van der Waals surface area contributed by atoms with Crippen LogP contribution in [0.1, 0.15) is 6.92 Å². The molecule has 3 aromatic rings. The number of hydrogen-bond acceptors (Lipinski definition) is 5. The molecule has 2 N–H and O–H groups in total. The van der Waals surface area contributed by atoms with Gasteiger partial charge in [-0.2, -0.15) is 0 Å². The molecule has 26 heavy (non-hydrogen) atoms. The van der Waals surface area contributed by atoms with Crippen LogP contribution in [-0.2, 0) is 11.3 Å². The minimum atomic E-state index is -0.600. The second-order valence-corrected chi connectivity index (χ2v) is 6.72. The number of rotatable bonds is 4. The van der Waals surface area contributed by atoms with Gasteiger partial charge >= 0.3 is 6.03 Å². The minimum Gasteiger partial charge on any atom is -0.338 e. The molecule has 0 radical (unpaired) electrons. The normalized spacial score (nSPS) is 10.7. The van der Waals surface area contributed by atoms with E-state index in [1.807, 2.05) is 17.5 Å². The van der Waals surface area contributed by atoms with Crippen LogP contribution in [-0.4, -0.2) is 28.0 Å². The maximum atomic E-state index is 12.8. The Bertz CT molecular complexity index is 1030. The van der Waals surface area contributed by atoms with Gasteiger partial charge in [-0.15, -0.1) is 11.3 Å². The molecule has 0 aliphatic rings. The molecule has 2 aromatic heterocycles. The summed E-state index contributed by atoms with van der Waals surface area (Å²) in [7, 11) is 0. The third-order valence-electron chi connectivity index (χ3n) is 3.62. The lowest BCUT2D eigenvalue weighted by molar-refractivity contribution is -0.120. The van der Waals surface area contributed by atoms with Gasteiger partial charge in [0.25, 0.3) is 5.56 Å². The highest BCUT2D eigenvalue weighted by atomic mass is 35.5. The first-order valence-corrected chi connectivity index (χ1v) is 9.05. The molecule has 0 saturated heterocycles. The van der Waals surface area contributed by atoms with Gasteiger partial charge in [-0.25, -0.2) is 9.78 Å². The van der Waals surface area contributed by atoms with Gasteiger partial charge in [0, 0.05) is 22.5 Å². The number of nitrogens with one attached hydrogen (secondary N) is 2. The van der Waals surface area contributed by atoms with Crippen LogP contribution in [0.5, 0.6) is 0 Å². The van der Waals surface area contributed by atoms with Crippen molar-refractivity contribution in [3.05, 3.63) is 51.3 Å². The van der Waals surface area contributed by atoms with Crippen molar-refractivity contribution in [3.63, 3.8) is 0 Å². The fraction of sp³-hybridized carbons (Fsp3) is 0.176. The molecule has 9 heteroatoms. The summed E-state index contributed by atoms with van der Waals surface area (Å²) in [5.74, 6) is -0.595. The van der Waals surface area contributed by atoms with Crippen LogP contribution in [0.25, 0.3) is 21.3 Å². The van der Waals surface area contributed by atoms with Crippen molar-refractivity contribution in [2.45, 2.75) is 13.5 Å². The van der Waals surface area contributed by atoms with E-state index in [0.29, 0.717) is 21.8 Å². The summed E-state index contributed by atoms with van der Waals surface area (Å²) in [6.45, 7) is 1.84. The van der Waals surface area contributed by atoms with E-state index in [4.69, 9.17) is 11.6 Å². The van der Waals surface area contributed by atoms with Gasteiger partial charge < -0.3 is 5.32 Å². The van der Waals surface area contributed by atoms with E-state index in [-0.39, 0.29) is 12.1 Å². The molecule has 0 aliphatic carbocycles. The number of nitrogens with zero attached hydrogens (tertiary/aromatic N) is 2. The van der Waals surface area contributed by atoms with E-state index in [2.05, 4.69) is 15.6 Å². The molecular formula is C17H15ClN4O3S. The lowest BCUT2D eigenvalue weighted by atomic mass is 10.1. The predicted molar refractivity (Wildman–Crippen MR) is 102 cm³/mol. The van der Waals surface area contributed by atoms with Crippen molar-refractivity contribution in [2.24, 2.45) is 0 Å². The zero-order valence-corrected chi connectivity index (χ0v) is 15.4. The van der Waals surface area contributed by atoms with Crippen LogP contribution < -0.4 is 16.2 Å². The lowest BCUT2D eigenvalue weighted by Crippen LogP contribution is -2.42. The van der Waals surface area contributed by atoms with Crippen molar-refractivity contribution in [1.82, 2.24) is 20.2 Å². The van der Waals surface area contributed by atoms with Gasteiger partial charge in [0.1, 0.15) is 11.4 Å². The largest absolute Gasteiger partial charge is 0.338 e. The smallest absolute Gasteiger partial charge is 0.321 e. The number of amides is 3. The zero-order valence-electron chi connectivity index (χ0n) is 13.8. The summed E-state index contributed by atoms with van der Waals surface area (Å²) >= 11 is 7.27. The molecule has 0 atom stereocenters. The van der Waals surface area contributed by atoms with Crippen LogP contribution in [0, 0.1) is 0 Å². The van der Waals surface area contributed by atoms with E-state index in [9.17, 15) is 14.4 Å². The Morgan fingerprint density at radius 3 is 2.69 bits per heavy atom. The Morgan fingerprint density at radius 1 is 1.27 bits per heavy atom. The molecule has 0 aliphatic heterocycles. The molecule has 3 rings (SSSR count). The molecule has 0 bridgehead atoms. The van der Waals surface area contributed by atoms with Crippen LogP contribution in [0.4, 0.5) is 4.79 Å². The van der Waals surface area contributed by atoms with Gasteiger partial charge in [0.05, 0.1) is 11.7 Å². The molecule has 7 nitrogen and oxygen atoms in total. The monoisotopic (exact) mass is 390 g/mol. The van der Waals surface area contributed by atoms with Crippen molar-refractivity contribution < 1.29 is 9.59 Å². The first kappa shape index (κ1) is 18.1. The quantitative estimate of drug-likeness (QED) is 0.716. The summed E-state index contributed by atoms with van der Waals surface area (Å²) < 4.78 is 1.18. The maximum absolute atomic E-state index is 12.8. The number of thiophene rings is 1. The van der Waals surface area contributed by atoms with Crippen molar-refractivity contribution in [2.75, 3.05) is 6.54 Å². The van der Waals surface area contributed by atoms with Crippen LogP contribution in [0.3, 0.4) is 0 Å². The fourth-order valence-electron chi connectivity index (χ4n) is 2.45. The van der Waals surface area contributed by atoms with E-state index in [1.165, 1.54) is 22.2 Å². The van der Waals surface area contributed by atoms with Gasteiger partial charge in [-0.3, -0.25) is 19.5 Å². The highest BCUT2D eigenvalue weighted by molar-refractivity contribution is 7.17. The average Bonchev–Trinajstić information content (AvgIpc) is 3.03. The van der Waals surface area contributed by atoms with Gasteiger partial charge in [0.2, 0.25) is 5.91 Å². The zero-order chi connectivity index (χ0) is 18.7. The SMILES string of the molecule is CCNC(=O)NC(=O)Cn1cnc2scc(-c3ccc(Cl)cc3)c2c1=O. The molecule has 3 amide bonds. The Hall–Kier alpha value is -2.71. The first-order valence-electron chi connectivity index (χ1n) is 7.80. The number of benzene rings is 1. The van der Waals surface area contributed by atoms with Gasteiger partial charge in [-0.1, -0.05) is 23.7 Å². The van der Waals surface area contributed by atoms with E-state index in [0.717, 1.165) is 11.1 Å². The number of hydrogen-bond donors (Lipinski definition) is 2. The second-order valence-electron chi connectivity index (χ2n) is 5.42. The lowest BCUT2D eigenvalue weighted by Gasteiger charge is -2.07. The molecule has 0 saturated carbocycles. The first-order chi connectivity index (χ1) is 12.5. The average molecular weight is 391 g/mol. The molecule has 0 spiro atoms. The van der Waals surface area contributed by atoms with Crippen molar-refractivity contribution in [1.29, 1.82) is 0 Å². The molecule has 134 valence electrons. The molecule has 0 unspecified atom stereocenters. The van der Waals surface area contributed by atoms with Crippen molar-refractivity contribution in [3.8, 4) is 11.1 Å². The van der Waals surface area contributed by atoms with Crippen LogP contribution in [0.15, 0.2) is 40.8 Å². The number of imide groups is 1. The Labute approximate surface area is 157 Å². The summed E-state index contributed by atoms with van der Waals surface area (Å²) in [5.41, 5.74) is 1.23. The molecular weight excluding hydrogens is 376 g/mol. The van der Waals surface area contributed by atoms with Crippen LogP contribution >= 0.6 is 22.9 Å². The summed E-state index contributed by atoms with van der Waals surface area (Å²) in [5, 5.41) is 7.50. The minimum absolute atomic E-state index is 0.297. The highest BCUT2D eigenvalue weighted by Gasteiger charge is 2.15. The topological polar surface area (TPSA) is 93.1 Å². The summed E-state index contributed by atoms with van der Waals surface area (Å²) in [6.07, 6.45) is 1.31. The number of carbonyl (C=O) groups is 2. The molecule has 1 aromatic carbocycles. The Kier molecular flexibility index (Phi) is 5.34. The molecule has 0 fully saturated rings. The number of halogens is 1. The maximum Gasteiger partial charge on any atom is 0.321 e. The number of fused-ring (bicyclic) bond motifs is 1. The van der Waals surface area contributed by atoms with Crippen LogP contribution in [0.2, 0.25) is 5.02 Å².